The van der Waals surface area contributed by atoms with Gasteiger partial charge in [0.15, 0.2) is 5.75 Å². The largest absolute Gasteiger partial charge is 0.485 e. The number of hydrogen-bond donors (Lipinski definition) is 1. The summed E-state index contributed by atoms with van der Waals surface area (Å²) in [7, 11) is 0. The van der Waals surface area contributed by atoms with Crippen molar-refractivity contribution < 1.29 is 28.7 Å². The topological polar surface area (TPSA) is 117 Å². The fourth-order valence-electron chi connectivity index (χ4n) is 2.66. The van der Waals surface area contributed by atoms with E-state index in [0.717, 1.165) is 0 Å². The summed E-state index contributed by atoms with van der Waals surface area (Å²) < 4.78 is 16.2. The van der Waals surface area contributed by atoms with Gasteiger partial charge in [0.05, 0.1) is 22.7 Å². The van der Waals surface area contributed by atoms with Crippen LogP contribution in [-0.4, -0.2) is 36.6 Å². The average Bonchev–Trinajstić information content (AvgIpc) is 2.79. The monoisotopic (exact) mass is 454 g/mol. The number of ether oxygens (including phenoxy) is 3. The first-order chi connectivity index (χ1) is 15.8. The van der Waals surface area contributed by atoms with Crippen molar-refractivity contribution in [1.29, 1.82) is 0 Å². The van der Waals surface area contributed by atoms with Gasteiger partial charge in [-0.1, -0.05) is 39.2 Å². The van der Waals surface area contributed by atoms with Crippen molar-refractivity contribution in [3.8, 4) is 11.5 Å². The van der Waals surface area contributed by atoms with Crippen LogP contribution in [-0.2, 0) is 4.74 Å². The van der Waals surface area contributed by atoms with Crippen LogP contribution in [0.2, 0.25) is 0 Å². The lowest BCUT2D eigenvalue weighted by Gasteiger charge is -2.17. The van der Waals surface area contributed by atoms with Gasteiger partial charge >= 0.3 is 11.7 Å². The van der Waals surface area contributed by atoms with Gasteiger partial charge in [0.1, 0.15) is 13.2 Å². The van der Waals surface area contributed by atoms with Crippen molar-refractivity contribution in [2.45, 2.75) is 13.8 Å². The normalized spacial score (nSPS) is 10.3. The number of amides is 1. The number of nitro groups is 1. The van der Waals surface area contributed by atoms with Gasteiger partial charge in [0.2, 0.25) is 5.75 Å². The predicted molar refractivity (Wildman–Crippen MR) is 124 cm³/mol. The van der Waals surface area contributed by atoms with Gasteiger partial charge in [0.25, 0.3) is 5.91 Å². The number of rotatable bonds is 12. The number of carbonyl (C=O) groups is 2. The summed E-state index contributed by atoms with van der Waals surface area (Å²) in [6, 6.07) is 8.58. The van der Waals surface area contributed by atoms with E-state index in [0.29, 0.717) is 11.3 Å². The van der Waals surface area contributed by atoms with Gasteiger partial charge < -0.3 is 19.5 Å². The first-order valence-electron chi connectivity index (χ1n) is 10.2. The van der Waals surface area contributed by atoms with Crippen molar-refractivity contribution in [2.24, 2.45) is 5.92 Å². The standard InChI is InChI=1S/C24H26N2O7/c1-5-13-31-21-19(11-12-20(26(29)30)22(21)33-15-16(3)4)23(27)25-18-9-7-17(8-10-18)24(28)32-14-6-2/h5-12,16H,1-2,13-15H2,3-4H3,(H,25,27). The maximum Gasteiger partial charge on any atom is 0.338 e. The highest BCUT2D eigenvalue weighted by atomic mass is 16.6. The van der Waals surface area contributed by atoms with Gasteiger partial charge in [-0.15, -0.1) is 0 Å². The molecule has 2 aromatic rings. The molecule has 0 atom stereocenters. The zero-order valence-electron chi connectivity index (χ0n) is 18.5. The van der Waals surface area contributed by atoms with E-state index in [1.807, 2.05) is 13.8 Å². The molecule has 0 saturated carbocycles. The lowest BCUT2D eigenvalue weighted by Crippen LogP contribution is -2.16. The molecule has 0 aliphatic heterocycles. The molecule has 0 unspecified atom stereocenters. The lowest BCUT2D eigenvalue weighted by molar-refractivity contribution is -0.386. The Morgan fingerprint density at radius 3 is 2.27 bits per heavy atom. The van der Waals surface area contributed by atoms with Gasteiger partial charge in [-0.2, -0.15) is 0 Å². The average molecular weight is 454 g/mol. The van der Waals surface area contributed by atoms with Crippen LogP contribution in [0.5, 0.6) is 11.5 Å². The number of esters is 1. The van der Waals surface area contributed by atoms with Crippen LogP contribution in [0.1, 0.15) is 34.6 Å². The summed E-state index contributed by atoms with van der Waals surface area (Å²) in [5.74, 6) is -1.17. The SMILES string of the molecule is C=CCOC(=O)c1ccc(NC(=O)c2ccc([N+](=O)[O-])c(OCC(C)C)c2OCC=C)cc1. The number of carbonyl (C=O) groups excluding carboxylic acids is 2. The van der Waals surface area contributed by atoms with Gasteiger partial charge in [-0.05, 0) is 36.2 Å². The van der Waals surface area contributed by atoms with Crippen molar-refractivity contribution in [1.82, 2.24) is 0 Å². The van der Waals surface area contributed by atoms with Crippen LogP contribution >= 0.6 is 0 Å². The molecule has 2 aromatic carbocycles. The van der Waals surface area contributed by atoms with Crippen molar-refractivity contribution >= 4 is 23.3 Å². The molecule has 2 rings (SSSR count). The summed E-state index contributed by atoms with van der Waals surface area (Å²) >= 11 is 0. The summed E-state index contributed by atoms with van der Waals surface area (Å²) in [4.78, 5) is 35.8. The second-order valence-electron chi connectivity index (χ2n) is 7.27. The van der Waals surface area contributed by atoms with Crippen LogP contribution in [0.3, 0.4) is 0 Å². The summed E-state index contributed by atoms with van der Waals surface area (Å²) in [5.41, 5.74) is 0.451. The number of nitro benzene ring substituents is 1. The Morgan fingerprint density at radius 2 is 1.70 bits per heavy atom. The first-order valence-corrected chi connectivity index (χ1v) is 10.2. The fraction of sp³-hybridized carbons (Fsp3) is 0.250. The maximum absolute atomic E-state index is 13.0. The number of anilines is 1. The number of nitrogens with zero attached hydrogens (tertiary/aromatic N) is 1. The second-order valence-corrected chi connectivity index (χ2v) is 7.27. The highest BCUT2D eigenvalue weighted by Crippen LogP contribution is 2.40. The van der Waals surface area contributed by atoms with Gasteiger partial charge in [-0.3, -0.25) is 14.9 Å². The van der Waals surface area contributed by atoms with Crippen molar-refractivity contribution in [3.63, 3.8) is 0 Å². The van der Waals surface area contributed by atoms with E-state index < -0.39 is 16.8 Å². The van der Waals surface area contributed by atoms with Crippen LogP contribution in [0.4, 0.5) is 11.4 Å². The van der Waals surface area contributed by atoms with Crippen LogP contribution in [0.15, 0.2) is 61.7 Å². The van der Waals surface area contributed by atoms with E-state index >= 15 is 0 Å². The summed E-state index contributed by atoms with van der Waals surface area (Å²) in [6.07, 6.45) is 2.92. The Balaban J connectivity index is 2.35. The first kappa shape index (κ1) is 25.1. The van der Waals surface area contributed by atoms with E-state index in [1.165, 1.54) is 48.6 Å². The van der Waals surface area contributed by atoms with E-state index in [-0.39, 0.29) is 48.5 Å². The molecule has 1 amide bonds. The summed E-state index contributed by atoms with van der Waals surface area (Å²) in [5, 5.41) is 14.2. The zero-order valence-corrected chi connectivity index (χ0v) is 18.5. The molecule has 0 aliphatic rings. The molecule has 1 N–H and O–H groups in total. The quantitative estimate of drug-likeness (QED) is 0.212. The Kier molecular flexibility index (Phi) is 9.17. The molecule has 174 valence electrons. The fourth-order valence-corrected chi connectivity index (χ4v) is 2.66. The third-order valence-electron chi connectivity index (χ3n) is 4.15. The number of nitrogens with one attached hydrogen (secondary N) is 1. The number of hydrogen-bond acceptors (Lipinski definition) is 7. The predicted octanol–water partition coefficient (Wildman–Crippen LogP) is 4.79. The maximum atomic E-state index is 13.0. The molecular formula is C24H26N2O7. The molecule has 0 aromatic heterocycles. The lowest BCUT2D eigenvalue weighted by atomic mass is 10.1. The summed E-state index contributed by atoms with van der Waals surface area (Å²) in [6.45, 7) is 11.1. The minimum absolute atomic E-state index is 0.0149. The molecule has 33 heavy (non-hydrogen) atoms. The van der Waals surface area contributed by atoms with Gasteiger partial charge in [-0.25, -0.2) is 4.79 Å². The zero-order chi connectivity index (χ0) is 24.4. The van der Waals surface area contributed by atoms with Crippen molar-refractivity contribution in [3.05, 3.63) is 82.9 Å². The minimum Gasteiger partial charge on any atom is -0.485 e. The molecule has 0 saturated heterocycles. The van der Waals surface area contributed by atoms with E-state index in [4.69, 9.17) is 14.2 Å². The molecule has 0 fully saturated rings. The highest BCUT2D eigenvalue weighted by molar-refractivity contribution is 6.07. The molecular weight excluding hydrogens is 428 g/mol. The number of benzene rings is 2. The van der Waals surface area contributed by atoms with Gasteiger partial charge in [0, 0.05) is 11.8 Å². The Hall–Kier alpha value is -4.14. The molecule has 0 radical (unpaired) electrons. The van der Waals surface area contributed by atoms with Crippen LogP contribution in [0, 0.1) is 16.0 Å². The second kappa shape index (κ2) is 12.0. The Morgan fingerprint density at radius 1 is 1.03 bits per heavy atom. The smallest absolute Gasteiger partial charge is 0.338 e. The molecule has 0 bridgehead atoms. The third-order valence-corrected chi connectivity index (χ3v) is 4.15. The third kappa shape index (κ3) is 6.93. The van der Waals surface area contributed by atoms with E-state index in [2.05, 4.69) is 18.5 Å². The molecule has 0 spiro atoms. The van der Waals surface area contributed by atoms with Crippen LogP contribution in [0.25, 0.3) is 0 Å². The molecule has 9 nitrogen and oxygen atoms in total. The molecule has 0 aliphatic carbocycles. The Labute approximate surface area is 191 Å². The Bertz CT molecular complexity index is 1030. The molecule has 9 heteroatoms. The minimum atomic E-state index is -0.595. The van der Waals surface area contributed by atoms with Crippen molar-refractivity contribution in [2.75, 3.05) is 25.1 Å². The van der Waals surface area contributed by atoms with E-state index in [9.17, 15) is 19.7 Å². The van der Waals surface area contributed by atoms with Crippen LogP contribution < -0.4 is 14.8 Å². The highest BCUT2D eigenvalue weighted by Gasteiger charge is 2.27. The molecule has 0 heterocycles. The van der Waals surface area contributed by atoms with E-state index in [1.54, 1.807) is 0 Å².